The van der Waals surface area contributed by atoms with Gasteiger partial charge in [-0.1, -0.05) is 31.1 Å². The van der Waals surface area contributed by atoms with Gasteiger partial charge in [-0.05, 0) is 49.3 Å². The summed E-state index contributed by atoms with van der Waals surface area (Å²) < 4.78 is 12.3. The van der Waals surface area contributed by atoms with E-state index < -0.39 is 35.6 Å². The minimum absolute atomic E-state index is 0.156. The number of methoxy groups -OCH3 is 1. The molecule has 5 heterocycles. The Bertz CT molecular complexity index is 1510. The van der Waals surface area contributed by atoms with E-state index in [-0.39, 0.29) is 24.8 Å². The van der Waals surface area contributed by atoms with E-state index in [0.29, 0.717) is 30.2 Å². The molecule has 6 rings (SSSR count). The molecule has 0 bridgehead atoms. The van der Waals surface area contributed by atoms with Crippen LogP contribution in [-0.4, -0.2) is 75.0 Å². The average molecular weight is 591 g/mol. The molecule has 2 fully saturated rings. The number of aromatic nitrogens is 3. The summed E-state index contributed by atoms with van der Waals surface area (Å²) in [4.78, 5) is 55.4. The second-order valence-corrected chi connectivity index (χ2v) is 12.0. The van der Waals surface area contributed by atoms with Crippen LogP contribution in [0.4, 0.5) is 0 Å². The fraction of sp³-hybridized carbons (Fsp3) is 0.467. The molecule has 1 saturated carbocycles. The van der Waals surface area contributed by atoms with Crippen LogP contribution in [0.1, 0.15) is 44.9 Å². The average Bonchev–Trinajstić information content (AvgIpc) is 3.31. The van der Waals surface area contributed by atoms with Crippen LogP contribution in [0.2, 0.25) is 0 Å². The Morgan fingerprint density at radius 1 is 1.19 bits per heavy atom. The third-order valence-electron chi connectivity index (χ3n) is 8.28. The van der Waals surface area contributed by atoms with E-state index in [4.69, 9.17) is 15.2 Å². The molecule has 3 aromatic heterocycles. The smallest absolute Gasteiger partial charge is 0.332 e. The van der Waals surface area contributed by atoms with Gasteiger partial charge in [-0.15, -0.1) is 11.3 Å². The second kappa shape index (κ2) is 11.8. The largest absolute Gasteiger partial charge is 0.471 e. The van der Waals surface area contributed by atoms with Crippen molar-refractivity contribution in [3.63, 3.8) is 0 Å². The molecule has 0 radical (unpaired) electrons. The summed E-state index contributed by atoms with van der Waals surface area (Å²) in [5.74, 6) is -0.565. The first-order valence-corrected chi connectivity index (χ1v) is 15.2. The Morgan fingerprint density at radius 3 is 2.88 bits per heavy atom. The number of nitrogens with one attached hydrogen (secondary N) is 1. The van der Waals surface area contributed by atoms with E-state index in [1.54, 1.807) is 6.20 Å². The first kappa shape index (κ1) is 28.2. The molecule has 0 spiro atoms. The summed E-state index contributed by atoms with van der Waals surface area (Å²) in [7, 11) is 1.32. The highest BCUT2D eigenvalue weighted by Crippen LogP contribution is 2.46. The molecule has 3 aromatic rings. The predicted octanol–water partition coefficient (Wildman–Crippen LogP) is 3.00. The molecule has 3 aliphatic rings. The first-order chi connectivity index (χ1) is 20.4. The lowest BCUT2D eigenvalue weighted by molar-refractivity contribution is -0.148. The van der Waals surface area contributed by atoms with Crippen LogP contribution in [0, 0.1) is 5.92 Å². The van der Waals surface area contributed by atoms with Crippen molar-refractivity contribution in [3.05, 3.63) is 48.0 Å². The monoisotopic (exact) mass is 590 g/mol. The fourth-order valence-corrected chi connectivity index (χ4v) is 6.66. The summed E-state index contributed by atoms with van der Waals surface area (Å²) >= 11 is 1.45. The minimum atomic E-state index is -1.13. The molecule has 11 nitrogen and oxygen atoms in total. The molecule has 1 aliphatic carbocycles. The Morgan fingerprint density at radius 2 is 2.07 bits per heavy atom. The van der Waals surface area contributed by atoms with Crippen molar-refractivity contribution in [2.24, 2.45) is 11.7 Å². The maximum absolute atomic E-state index is 13.8. The number of esters is 1. The molecule has 2 aliphatic heterocycles. The first-order valence-electron chi connectivity index (χ1n) is 14.4. The Balaban J connectivity index is 1.29. The number of nitrogens with zero attached hydrogens (tertiary/aromatic N) is 4. The van der Waals surface area contributed by atoms with Crippen molar-refractivity contribution in [2.45, 2.75) is 68.7 Å². The zero-order valence-corrected chi connectivity index (χ0v) is 24.2. The fourth-order valence-electron chi connectivity index (χ4n) is 5.89. The third-order valence-corrected chi connectivity index (χ3v) is 9.17. The summed E-state index contributed by atoms with van der Waals surface area (Å²) in [6, 6.07) is 5.80. The van der Waals surface area contributed by atoms with Gasteiger partial charge in [-0.2, -0.15) is 4.98 Å². The lowest BCUT2D eigenvalue weighted by atomic mass is 10.1. The van der Waals surface area contributed by atoms with Crippen LogP contribution < -0.4 is 15.8 Å². The molecule has 220 valence electrons. The number of carbonyl (C=O) groups excluding carboxylic acids is 3. The summed E-state index contributed by atoms with van der Waals surface area (Å²) in [6.07, 6.45) is 9.97. The maximum Gasteiger partial charge on any atom is 0.332 e. The Labute approximate surface area is 247 Å². The van der Waals surface area contributed by atoms with Gasteiger partial charge in [0.1, 0.15) is 28.1 Å². The summed E-state index contributed by atoms with van der Waals surface area (Å²) in [5.41, 5.74) is 6.56. The van der Waals surface area contributed by atoms with Gasteiger partial charge in [0.25, 0.3) is 0 Å². The minimum Gasteiger partial charge on any atom is -0.471 e. The van der Waals surface area contributed by atoms with E-state index in [1.165, 1.54) is 23.3 Å². The zero-order valence-electron chi connectivity index (χ0n) is 23.4. The van der Waals surface area contributed by atoms with E-state index in [2.05, 4.69) is 26.3 Å². The molecular formula is C30H34N6O5S. The van der Waals surface area contributed by atoms with Crippen LogP contribution in [0.5, 0.6) is 5.88 Å². The normalized spacial score (nSPS) is 29.0. The number of amides is 2. The number of nitrogens with two attached hydrogens (primary N) is 1. The zero-order chi connectivity index (χ0) is 29.3. The number of rotatable bonds is 4. The highest BCUT2D eigenvalue weighted by Gasteiger charge is 2.62. The molecule has 5 atom stereocenters. The molecule has 3 N–H and O–H groups in total. The van der Waals surface area contributed by atoms with Crippen LogP contribution in [-0.2, 0) is 19.1 Å². The molecular weight excluding hydrogens is 556 g/mol. The van der Waals surface area contributed by atoms with Crippen molar-refractivity contribution in [3.8, 4) is 17.4 Å². The highest BCUT2D eigenvalue weighted by atomic mass is 32.1. The van der Waals surface area contributed by atoms with Crippen LogP contribution >= 0.6 is 11.3 Å². The Hall–Kier alpha value is -3.90. The molecule has 12 heteroatoms. The van der Waals surface area contributed by atoms with Crippen molar-refractivity contribution in [1.82, 2.24) is 25.2 Å². The van der Waals surface area contributed by atoms with Gasteiger partial charge in [0.15, 0.2) is 5.82 Å². The second-order valence-electron chi connectivity index (χ2n) is 11.1. The highest BCUT2D eigenvalue weighted by molar-refractivity contribution is 7.17. The van der Waals surface area contributed by atoms with Crippen molar-refractivity contribution < 1.29 is 23.9 Å². The quantitative estimate of drug-likeness (QED) is 0.345. The Kier molecular flexibility index (Phi) is 7.91. The number of thiophene rings is 1. The van der Waals surface area contributed by atoms with Gasteiger partial charge in [-0.3, -0.25) is 14.6 Å². The number of pyridine rings is 1. The van der Waals surface area contributed by atoms with Crippen molar-refractivity contribution in [1.29, 1.82) is 0 Å². The van der Waals surface area contributed by atoms with Gasteiger partial charge >= 0.3 is 5.97 Å². The van der Waals surface area contributed by atoms with E-state index in [0.717, 1.165) is 35.9 Å². The van der Waals surface area contributed by atoms with Gasteiger partial charge in [0.2, 0.25) is 17.7 Å². The van der Waals surface area contributed by atoms with Gasteiger partial charge < -0.3 is 25.4 Å². The third kappa shape index (κ3) is 5.48. The van der Waals surface area contributed by atoms with Gasteiger partial charge in [0.05, 0.1) is 25.2 Å². The number of carbonyl (C=O) groups is 3. The van der Waals surface area contributed by atoms with Crippen LogP contribution in [0.15, 0.2) is 48.0 Å². The lowest BCUT2D eigenvalue weighted by Crippen LogP contribution is -2.55. The van der Waals surface area contributed by atoms with E-state index >= 15 is 0 Å². The number of ether oxygens (including phenoxy) is 2. The lowest BCUT2D eigenvalue weighted by Gasteiger charge is -2.28. The standard InChI is InChI=1S/C30H34N6O5S/c1-40-29(39)30-16-18(30)9-5-3-2-4-6-10-20(31)28(38)36-17-19(15-23(36)26(37)35-30)41-27-24-21(12-14-42-24)33-25(34-27)22-11-7-8-13-32-22/h5,7-9,11-14,18-20,23H,2-4,6,10,15-17,31H2,1H3,(H,35,37)/b9-5-/t18-,19+,20-,23-,30+/m0/s1. The topological polar surface area (TPSA) is 150 Å². The number of allylic oxidation sites excluding steroid dienone is 1. The maximum atomic E-state index is 13.8. The van der Waals surface area contributed by atoms with E-state index in [1.807, 2.05) is 35.7 Å². The van der Waals surface area contributed by atoms with Crippen LogP contribution in [0.25, 0.3) is 21.7 Å². The molecule has 2 amide bonds. The predicted molar refractivity (Wildman–Crippen MR) is 156 cm³/mol. The number of fused-ring (bicyclic) bond motifs is 3. The van der Waals surface area contributed by atoms with Gasteiger partial charge in [-0.25, -0.2) is 9.78 Å². The van der Waals surface area contributed by atoms with Crippen LogP contribution in [0.3, 0.4) is 0 Å². The molecule has 1 saturated heterocycles. The molecule has 0 unspecified atom stereocenters. The SMILES string of the molecule is COC(=O)[C@@]12C[C@@H]1/C=C\CCCCC[C@H](N)C(=O)N1C[C@H](Oc3nc(-c4ccccn4)nc4ccsc34)C[C@H]1C(=O)N2. The molecule has 42 heavy (non-hydrogen) atoms. The van der Waals surface area contributed by atoms with E-state index in [9.17, 15) is 14.4 Å². The number of hydrogen-bond donors (Lipinski definition) is 2. The van der Waals surface area contributed by atoms with Crippen molar-refractivity contribution >= 4 is 39.3 Å². The summed E-state index contributed by atoms with van der Waals surface area (Å²) in [5, 5.41) is 4.86. The summed E-state index contributed by atoms with van der Waals surface area (Å²) in [6.45, 7) is 0.162. The number of hydrogen-bond acceptors (Lipinski definition) is 10. The molecule has 0 aromatic carbocycles. The van der Waals surface area contributed by atoms with Crippen molar-refractivity contribution in [2.75, 3.05) is 13.7 Å². The van der Waals surface area contributed by atoms with Gasteiger partial charge in [0, 0.05) is 18.5 Å².